The van der Waals surface area contributed by atoms with Crippen LogP contribution in [0.5, 0.6) is 5.75 Å². The Morgan fingerprint density at radius 3 is 2.20 bits per heavy atom. The molecule has 30 heavy (non-hydrogen) atoms. The van der Waals surface area contributed by atoms with Crippen molar-refractivity contribution in [2.45, 2.75) is 62.8 Å². The number of benzene rings is 1. The normalized spacial score (nSPS) is 27.9. The molecule has 3 heterocycles. The molecule has 3 aliphatic rings. The average Bonchev–Trinajstić information content (AvgIpc) is 2.98. The standard InChI is InChI=1S/C21H29FN2O5S/c1-30(26,27)23-10-8-19(9-11-23)29-20-12-16-4-5-17(13-20)24(16)21(25)14-28-18-6-2-15(22)3-7-18/h2-3,6-7,16-17,19-20H,4-5,8-14H2,1H3. The molecule has 2 unspecified atom stereocenters. The van der Waals surface area contributed by atoms with Gasteiger partial charge < -0.3 is 14.4 Å². The fraction of sp³-hybridized carbons (Fsp3) is 0.667. The predicted molar refractivity (Wildman–Crippen MR) is 109 cm³/mol. The van der Waals surface area contributed by atoms with Crippen molar-refractivity contribution in [3.63, 3.8) is 0 Å². The van der Waals surface area contributed by atoms with Crippen molar-refractivity contribution >= 4 is 15.9 Å². The molecule has 1 aromatic carbocycles. The number of halogens is 1. The predicted octanol–water partition coefficient (Wildman–Crippen LogP) is 2.17. The van der Waals surface area contributed by atoms with E-state index in [-0.39, 0.29) is 42.6 Å². The number of carbonyl (C=O) groups excluding carboxylic acids is 1. The van der Waals surface area contributed by atoms with Crippen molar-refractivity contribution in [2.24, 2.45) is 0 Å². The number of hydrogen-bond acceptors (Lipinski definition) is 5. The number of nitrogens with zero attached hydrogens (tertiary/aromatic N) is 2. The highest BCUT2D eigenvalue weighted by atomic mass is 32.2. The Morgan fingerprint density at radius 1 is 1.03 bits per heavy atom. The third-order valence-corrected chi connectivity index (χ3v) is 7.71. The van der Waals surface area contributed by atoms with Crippen LogP contribution in [0.2, 0.25) is 0 Å². The second-order valence-electron chi connectivity index (χ2n) is 8.52. The van der Waals surface area contributed by atoms with Gasteiger partial charge >= 0.3 is 0 Å². The second kappa shape index (κ2) is 8.80. The molecular formula is C21H29FN2O5S. The first-order valence-electron chi connectivity index (χ1n) is 10.6. The Bertz CT molecular complexity index is 841. The summed E-state index contributed by atoms with van der Waals surface area (Å²) >= 11 is 0. The minimum absolute atomic E-state index is 0.0354. The zero-order chi connectivity index (χ0) is 21.3. The number of hydrogen-bond donors (Lipinski definition) is 0. The fourth-order valence-electron chi connectivity index (χ4n) is 4.97. The highest BCUT2D eigenvalue weighted by Gasteiger charge is 2.44. The van der Waals surface area contributed by atoms with E-state index >= 15 is 0 Å². The van der Waals surface area contributed by atoms with Gasteiger partial charge in [0, 0.05) is 25.2 Å². The van der Waals surface area contributed by atoms with Gasteiger partial charge in [0.2, 0.25) is 10.0 Å². The van der Waals surface area contributed by atoms with Gasteiger partial charge in [0.1, 0.15) is 11.6 Å². The van der Waals surface area contributed by atoms with Gasteiger partial charge in [-0.05, 0) is 62.8 Å². The number of piperidine rings is 2. The van der Waals surface area contributed by atoms with E-state index in [0.29, 0.717) is 31.7 Å². The first-order chi connectivity index (χ1) is 14.3. The van der Waals surface area contributed by atoms with Gasteiger partial charge in [-0.25, -0.2) is 17.1 Å². The topological polar surface area (TPSA) is 76.2 Å². The highest BCUT2D eigenvalue weighted by molar-refractivity contribution is 7.88. The van der Waals surface area contributed by atoms with Gasteiger partial charge in [0.25, 0.3) is 5.91 Å². The molecule has 0 saturated carbocycles. The van der Waals surface area contributed by atoms with Gasteiger partial charge in [0.05, 0.1) is 18.5 Å². The molecule has 1 aromatic rings. The molecule has 3 fully saturated rings. The molecular weight excluding hydrogens is 411 g/mol. The Balaban J connectivity index is 1.26. The lowest BCUT2D eigenvalue weighted by Gasteiger charge is -2.41. The van der Waals surface area contributed by atoms with Crippen LogP contribution in [0, 0.1) is 5.82 Å². The Labute approximate surface area is 177 Å². The van der Waals surface area contributed by atoms with Crippen LogP contribution in [0.25, 0.3) is 0 Å². The van der Waals surface area contributed by atoms with Crippen molar-refractivity contribution in [3.05, 3.63) is 30.1 Å². The lowest BCUT2D eigenvalue weighted by Crippen LogP contribution is -2.51. The Kier molecular flexibility index (Phi) is 6.31. The maximum Gasteiger partial charge on any atom is 0.261 e. The molecule has 9 heteroatoms. The molecule has 3 aliphatic heterocycles. The number of fused-ring (bicyclic) bond motifs is 2. The molecule has 0 aromatic heterocycles. The maximum atomic E-state index is 13.0. The number of rotatable bonds is 6. The van der Waals surface area contributed by atoms with E-state index in [1.54, 1.807) is 0 Å². The first kappa shape index (κ1) is 21.5. The summed E-state index contributed by atoms with van der Waals surface area (Å²) in [4.78, 5) is 14.7. The van der Waals surface area contributed by atoms with E-state index in [4.69, 9.17) is 9.47 Å². The van der Waals surface area contributed by atoms with Crippen LogP contribution in [0.1, 0.15) is 38.5 Å². The molecule has 0 radical (unpaired) electrons. The van der Waals surface area contributed by atoms with E-state index in [2.05, 4.69) is 0 Å². The van der Waals surface area contributed by atoms with Gasteiger partial charge in [-0.1, -0.05) is 0 Å². The van der Waals surface area contributed by atoms with E-state index in [9.17, 15) is 17.6 Å². The summed E-state index contributed by atoms with van der Waals surface area (Å²) in [5, 5.41) is 0. The van der Waals surface area contributed by atoms with Crippen LogP contribution >= 0.6 is 0 Å². The van der Waals surface area contributed by atoms with Crippen molar-refractivity contribution in [2.75, 3.05) is 26.0 Å². The highest BCUT2D eigenvalue weighted by Crippen LogP contribution is 2.38. The summed E-state index contributed by atoms with van der Waals surface area (Å²) in [6, 6.07) is 5.99. The van der Waals surface area contributed by atoms with Gasteiger partial charge in [-0.3, -0.25) is 4.79 Å². The molecule has 1 amide bonds. The SMILES string of the molecule is CS(=O)(=O)N1CCC(OC2CC3CCC(C2)N3C(=O)COc2ccc(F)cc2)CC1. The monoisotopic (exact) mass is 440 g/mol. The molecule has 2 atom stereocenters. The van der Waals surface area contributed by atoms with E-state index in [1.165, 1.54) is 34.8 Å². The number of ether oxygens (including phenoxy) is 2. The largest absolute Gasteiger partial charge is 0.484 e. The van der Waals surface area contributed by atoms with Crippen LogP contribution in [-0.4, -0.2) is 73.8 Å². The van der Waals surface area contributed by atoms with E-state index < -0.39 is 10.0 Å². The van der Waals surface area contributed by atoms with Crippen molar-refractivity contribution in [3.8, 4) is 5.75 Å². The Morgan fingerprint density at radius 2 is 1.63 bits per heavy atom. The number of carbonyl (C=O) groups is 1. The minimum atomic E-state index is -3.13. The molecule has 0 N–H and O–H groups in total. The van der Waals surface area contributed by atoms with Crippen molar-refractivity contribution in [1.82, 2.24) is 9.21 Å². The van der Waals surface area contributed by atoms with Crippen LogP contribution in [0.3, 0.4) is 0 Å². The molecule has 0 aliphatic carbocycles. The molecule has 7 nitrogen and oxygen atoms in total. The molecule has 3 saturated heterocycles. The van der Waals surface area contributed by atoms with Crippen LogP contribution in [0.15, 0.2) is 24.3 Å². The summed E-state index contributed by atoms with van der Waals surface area (Å²) in [5.74, 6) is 0.110. The third-order valence-electron chi connectivity index (χ3n) is 6.41. The van der Waals surface area contributed by atoms with Gasteiger partial charge in [0.15, 0.2) is 6.61 Å². The zero-order valence-electron chi connectivity index (χ0n) is 17.2. The summed E-state index contributed by atoms with van der Waals surface area (Å²) in [7, 11) is -3.13. The third kappa shape index (κ3) is 4.95. The minimum Gasteiger partial charge on any atom is -0.484 e. The lowest BCUT2D eigenvalue weighted by atomic mass is 9.98. The number of amides is 1. The van der Waals surface area contributed by atoms with Crippen LogP contribution < -0.4 is 4.74 Å². The summed E-state index contributed by atoms with van der Waals surface area (Å²) in [6.45, 7) is 0.969. The van der Waals surface area contributed by atoms with E-state index in [0.717, 1.165) is 25.7 Å². The zero-order valence-corrected chi connectivity index (χ0v) is 18.0. The Hall–Kier alpha value is -1.71. The van der Waals surface area contributed by atoms with Crippen LogP contribution in [0.4, 0.5) is 4.39 Å². The quantitative estimate of drug-likeness (QED) is 0.678. The first-order valence-corrected chi connectivity index (χ1v) is 12.4. The average molecular weight is 441 g/mol. The molecule has 4 rings (SSSR count). The second-order valence-corrected chi connectivity index (χ2v) is 10.5. The number of sulfonamides is 1. The van der Waals surface area contributed by atoms with Gasteiger partial charge in [-0.15, -0.1) is 0 Å². The summed E-state index contributed by atoms with van der Waals surface area (Å²) < 4.78 is 49.7. The fourth-order valence-corrected chi connectivity index (χ4v) is 5.84. The maximum absolute atomic E-state index is 13.0. The molecule has 0 spiro atoms. The van der Waals surface area contributed by atoms with E-state index in [1.807, 2.05) is 4.90 Å². The van der Waals surface area contributed by atoms with Crippen LogP contribution in [-0.2, 0) is 19.6 Å². The van der Waals surface area contributed by atoms with Crippen molar-refractivity contribution in [1.29, 1.82) is 0 Å². The molecule has 166 valence electrons. The molecule has 2 bridgehead atoms. The van der Waals surface area contributed by atoms with Crippen molar-refractivity contribution < 1.29 is 27.1 Å². The lowest BCUT2D eigenvalue weighted by molar-refractivity contribution is -0.142. The summed E-state index contributed by atoms with van der Waals surface area (Å²) in [6.07, 6.45) is 6.43. The smallest absolute Gasteiger partial charge is 0.261 e. The van der Waals surface area contributed by atoms with Gasteiger partial charge in [-0.2, -0.15) is 0 Å². The summed E-state index contributed by atoms with van der Waals surface area (Å²) in [5.41, 5.74) is 0.